The molecule has 0 atom stereocenters. The molecule has 2 nitrogen and oxygen atoms in total. The van der Waals surface area contributed by atoms with Crippen LogP contribution in [-0.4, -0.2) is 6.36 Å². The quantitative estimate of drug-likeness (QED) is 0.747. The van der Waals surface area contributed by atoms with E-state index in [0.29, 0.717) is 0 Å². The zero-order valence-electron chi connectivity index (χ0n) is 6.60. The fraction of sp³-hybridized carbons (Fsp3) is 0.125. The van der Waals surface area contributed by atoms with Crippen molar-refractivity contribution < 1.29 is 17.9 Å². The van der Waals surface area contributed by atoms with Crippen molar-refractivity contribution >= 4 is 22.6 Å². The van der Waals surface area contributed by atoms with Gasteiger partial charge in [0.05, 0.1) is 9.13 Å². The summed E-state index contributed by atoms with van der Waals surface area (Å²) in [6.07, 6.45) is -4.77. The van der Waals surface area contributed by atoms with Gasteiger partial charge in [-0.15, -0.1) is 13.2 Å². The number of hydrogen-bond acceptors (Lipinski definition) is 2. The Morgan fingerprint density at radius 2 is 2.00 bits per heavy atom. The number of nitrogens with zero attached hydrogens (tertiary/aromatic N) is 1. The van der Waals surface area contributed by atoms with E-state index < -0.39 is 12.1 Å². The number of nitriles is 1. The third-order valence-electron chi connectivity index (χ3n) is 1.31. The number of halogens is 4. The number of hydrogen-bond donors (Lipinski definition) is 0. The Hall–Kier alpha value is -0.970. The first kappa shape index (κ1) is 11.1. The molecule has 0 saturated heterocycles. The zero-order chi connectivity index (χ0) is 10.8. The van der Waals surface area contributed by atoms with Crippen LogP contribution in [0.1, 0.15) is 5.56 Å². The molecule has 0 saturated carbocycles. The maximum atomic E-state index is 11.9. The van der Waals surface area contributed by atoms with Crippen LogP contribution in [0.2, 0.25) is 0 Å². The van der Waals surface area contributed by atoms with Gasteiger partial charge in [-0.2, -0.15) is 5.26 Å². The highest BCUT2D eigenvalue weighted by molar-refractivity contribution is 14.1. The molecule has 0 amide bonds. The molecule has 14 heavy (non-hydrogen) atoms. The van der Waals surface area contributed by atoms with Gasteiger partial charge < -0.3 is 4.74 Å². The molecule has 0 fully saturated rings. The molecule has 6 heteroatoms. The second-order valence-electron chi connectivity index (χ2n) is 2.28. The lowest BCUT2D eigenvalue weighted by molar-refractivity contribution is -0.275. The Labute approximate surface area is 91.4 Å². The van der Waals surface area contributed by atoms with E-state index in [1.54, 1.807) is 28.7 Å². The van der Waals surface area contributed by atoms with Crippen molar-refractivity contribution in [1.29, 1.82) is 5.26 Å². The summed E-state index contributed by atoms with van der Waals surface area (Å²) in [5, 5.41) is 8.54. The van der Waals surface area contributed by atoms with E-state index in [4.69, 9.17) is 5.26 Å². The van der Waals surface area contributed by atoms with E-state index in [1.807, 2.05) is 0 Å². The molecule has 1 aromatic rings. The predicted molar refractivity (Wildman–Crippen MR) is 50.6 cm³/mol. The molecular weight excluding hydrogens is 310 g/mol. The van der Waals surface area contributed by atoms with Crippen LogP contribution in [0.4, 0.5) is 13.2 Å². The molecule has 0 heterocycles. The van der Waals surface area contributed by atoms with Gasteiger partial charge in [0.15, 0.2) is 5.75 Å². The highest BCUT2D eigenvalue weighted by atomic mass is 127. The summed E-state index contributed by atoms with van der Waals surface area (Å²) in [7, 11) is 0. The molecule has 0 bridgehead atoms. The molecule has 0 aromatic heterocycles. The Morgan fingerprint density at radius 1 is 1.36 bits per heavy atom. The van der Waals surface area contributed by atoms with E-state index in [9.17, 15) is 13.2 Å². The topological polar surface area (TPSA) is 33.0 Å². The van der Waals surface area contributed by atoms with E-state index in [2.05, 4.69) is 4.74 Å². The Bertz CT molecular complexity index is 383. The van der Waals surface area contributed by atoms with Crippen LogP contribution in [-0.2, 0) is 0 Å². The molecular formula is C8H3F3INO. The highest BCUT2D eigenvalue weighted by Crippen LogP contribution is 2.30. The van der Waals surface area contributed by atoms with Gasteiger partial charge in [0.25, 0.3) is 0 Å². The van der Waals surface area contributed by atoms with Crippen molar-refractivity contribution in [1.82, 2.24) is 0 Å². The second-order valence-corrected chi connectivity index (χ2v) is 3.44. The molecule has 74 valence electrons. The summed E-state index contributed by atoms with van der Waals surface area (Å²) >= 11 is 1.67. The van der Waals surface area contributed by atoms with E-state index in [-0.39, 0.29) is 9.13 Å². The fourth-order valence-electron chi connectivity index (χ4n) is 0.816. The molecule has 1 aromatic carbocycles. The monoisotopic (exact) mass is 313 g/mol. The predicted octanol–water partition coefficient (Wildman–Crippen LogP) is 3.06. The number of rotatable bonds is 1. The van der Waals surface area contributed by atoms with E-state index in [1.165, 1.54) is 18.2 Å². The Kier molecular flexibility index (Phi) is 3.21. The first-order chi connectivity index (χ1) is 6.44. The van der Waals surface area contributed by atoms with Gasteiger partial charge in [-0.25, -0.2) is 0 Å². The van der Waals surface area contributed by atoms with E-state index >= 15 is 0 Å². The summed E-state index contributed by atoms with van der Waals surface area (Å²) in [6.45, 7) is 0. The van der Waals surface area contributed by atoms with Gasteiger partial charge in [-0.3, -0.25) is 0 Å². The first-order valence-electron chi connectivity index (χ1n) is 3.38. The third-order valence-corrected chi connectivity index (χ3v) is 2.15. The van der Waals surface area contributed by atoms with Crippen molar-refractivity contribution in [2.75, 3.05) is 0 Å². The standard InChI is InChI=1S/C8H3F3INO/c9-8(10,11)14-7-5(4-13)2-1-3-6(7)12/h1-3H. The molecule has 0 unspecified atom stereocenters. The summed E-state index contributed by atoms with van der Waals surface area (Å²) in [4.78, 5) is 0. The maximum absolute atomic E-state index is 11.9. The van der Waals surface area contributed by atoms with Crippen molar-refractivity contribution in [2.24, 2.45) is 0 Å². The van der Waals surface area contributed by atoms with E-state index in [0.717, 1.165) is 0 Å². The van der Waals surface area contributed by atoms with Crippen LogP contribution < -0.4 is 4.74 Å². The lowest BCUT2D eigenvalue weighted by Gasteiger charge is -2.11. The molecule has 0 aliphatic carbocycles. The smallest absolute Gasteiger partial charge is 0.403 e. The zero-order valence-corrected chi connectivity index (χ0v) is 8.76. The van der Waals surface area contributed by atoms with Crippen molar-refractivity contribution in [3.05, 3.63) is 27.3 Å². The van der Waals surface area contributed by atoms with Crippen molar-refractivity contribution in [3.8, 4) is 11.8 Å². The van der Waals surface area contributed by atoms with Crippen molar-refractivity contribution in [3.63, 3.8) is 0 Å². The molecule has 0 spiro atoms. The van der Waals surface area contributed by atoms with Gasteiger partial charge >= 0.3 is 6.36 Å². The maximum Gasteiger partial charge on any atom is 0.573 e. The summed E-state index contributed by atoms with van der Waals surface area (Å²) in [6, 6.07) is 5.82. The van der Waals surface area contributed by atoms with Gasteiger partial charge in [-0.05, 0) is 34.7 Å². The average molecular weight is 313 g/mol. The average Bonchev–Trinajstić information content (AvgIpc) is 2.06. The minimum atomic E-state index is -4.77. The summed E-state index contributed by atoms with van der Waals surface area (Å²) in [5.74, 6) is -0.442. The van der Waals surface area contributed by atoms with Crippen LogP contribution in [0.3, 0.4) is 0 Å². The molecule has 0 aliphatic heterocycles. The van der Waals surface area contributed by atoms with Gasteiger partial charge in [0.1, 0.15) is 6.07 Å². The Balaban J connectivity index is 3.13. The molecule has 1 rings (SSSR count). The lowest BCUT2D eigenvalue weighted by Crippen LogP contribution is -2.18. The van der Waals surface area contributed by atoms with Crippen LogP contribution >= 0.6 is 22.6 Å². The van der Waals surface area contributed by atoms with Crippen LogP contribution in [0.15, 0.2) is 18.2 Å². The van der Waals surface area contributed by atoms with Gasteiger partial charge in [-0.1, -0.05) is 6.07 Å². The van der Waals surface area contributed by atoms with Crippen molar-refractivity contribution in [2.45, 2.75) is 6.36 Å². The van der Waals surface area contributed by atoms with Crippen LogP contribution in [0, 0.1) is 14.9 Å². The van der Waals surface area contributed by atoms with Gasteiger partial charge in [0.2, 0.25) is 0 Å². The number of ether oxygens (including phenoxy) is 1. The summed E-state index contributed by atoms with van der Waals surface area (Å²) < 4.78 is 39.7. The fourth-order valence-corrected chi connectivity index (χ4v) is 1.42. The SMILES string of the molecule is N#Cc1cccc(I)c1OC(F)(F)F. The molecule has 0 N–H and O–H groups in total. The molecule has 0 radical (unpaired) electrons. The minimum absolute atomic E-state index is 0.130. The number of para-hydroxylation sites is 1. The Morgan fingerprint density at radius 3 is 2.50 bits per heavy atom. The normalized spacial score (nSPS) is 10.8. The largest absolute Gasteiger partial charge is 0.573 e. The number of alkyl halides is 3. The summed E-state index contributed by atoms with van der Waals surface area (Å²) in [5.41, 5.74) is -0.130. The second kappa shape index (κ2) is 4.04. The highest BCUT2D eigenvalue weighted by Gasteiger charge is 2.33. The molecule has 0 aliphatic rings. The van der Waals surface area contributed by atoms with Gasteiger partial charge in [0, 0.05) is 0 Å². The number of benzene rings is 1. The minimum Gasteiger partial charge on any atom is -0.403 e. The lowest BCUT2D eigenvalue weighted by atomic mass is 10.2. The van der Waals surface area contributed by atoms with Crippen LogP contribution in [0.5, 0.6) is 5.75 Å². The first-order valence-corrected chi connectivity index (χ1v) is 4.46. The third kappa shape index (κ3) is 2.77. The van der Waals surface area contributed by atoms with Crippen LogP contribution in [0.25, 0.3) is 0 Å².